The summed E-state index contributed by atoms with van der Waals surface area (Å²) in [5.74, 6) is 0.833. The van der Waals surface area contributed by atoms with Gasteiger partial charge in [-0.25, -0.2) is 8.42 Å². The zero-order valence-electron chi connectivity index (χ0n) is 15.6. The molecule has 0 saturated carbocycles. The third-order valence-corrected chi connectivity index (χ3v) is 5.67. The first-order valence-corrected chi connectivity index (χ1v) is 10.8. The third-order valence-electron chi connectivity index (χ3n) is 3.81. The van der Waals surface area contributed by atoms with Gasteiger partial charge in [0.25, 0.3) is 15.9 Å². The van der Waals surface area contributed by atoms with Crippen molar-refractivity contribution in [1.29, 1.82) is 0 Å². The van der Waals surface area contributed by atoms with Gasteiger partial charge in [-0.1, -0.05) is 21.1 Å². The van der Waals surface area contributed by atoms with Gasteiger partial charge in [-0.05, 0) is 61.9 Å². The lowest BCUT2D eigenvalue weighted by atomic mass is 10.2. The Labute approximate surface area is 176 Å². The number of hydrogen-bond donors (Lipinski definition) is 2. The molecule has 0 atom stereocenters. The molecule has 0 unspecified atom stereocenters. The first-order valence-electron chi connectivity index (χ1n) is 8.48. The average molecular weight is 480 g/mol. The minimum atomic E-state index is -3.81. The quantitative estimate of drug-likeness (QED) is 0.531. The van der Waals surface area contributed by atoms with E-state index in [1.165, 1.54) is 30.3 Å². The monoisotopic (exact) mass is 479 g/mol. The second-order valence-corrected chi connectivity index (χ2v) is 8.80. The number of carbonyl (C=O) groups is 1. The number of amides is 1. The lowest BCUT2D eigenvalue weighted by Crippen LogP contribution is -2.20. The molecule has 0 bridgehead atoms. The zero-order chi connectivity index (χ0) is 21.0. The lowest BCUT2D eigenvalue weighted by molar-refractivity contribution is -0.118. The molecule has 0 aliphatic rings. The van der Waals surface area contributed by atoms with Gasteiger partial charge in [0.1, 0.15) is 11.5 Å². The molecule has 0 fully saturated rings. The van der Waals surface area contributed by atoms with Crippen LogP contribution in [-0.4, -0.2) is 26.1 Å². The maximum absolute atomic E-state index is 12.4. The van der Waals surface area contributed by atoms with E-state index in [1.807, 2.05) is 19.1 Å². The molecule has 152 valence electrons. The van der Waals surface area contributed by atoms with E-state index in [2.05, 4.69) is 31.1 Å². The van der Waals surface area contributed by atoms with Crippen LogP contribution >= 0.6 is 15.9 Å². The predicted octanol–water partition coefficient (Wildman–Crippen LogP) is 3.87. The highest BCUT2D eigenvalue weighted by Gasteiger charge is 2.16. The number of hydrogen-bond acceptors (Lipinski definition) is 6. The molecule has 3 aromatic rings. The van der Waals surface area contributed by atoms with Crippen molar-refractivity contribution in [2.75, 3.05) is 16.6 Å². The minimum absolute atomic E-state index is 0.0258. The van der Waals surface area contributed by atoms with Crippen LogP contribution in [0.1, 0.15) is 11.3 Å². The first-order chi connectivity index (χ1) is 13.7. The Bertz CT molecular complexity index is 1130. The molecule has 10 heteroatoms. The average Bonchev–Trinajstić information content (AvgIpc) is 3.05. The summed E-state index contributed by atoms with van der Waals surface area (Å²) in [6.45, 7) is 3.37. The van der Waals surface area contributed by atoms with E-state index in [9.17, 15) is 13.2 Å². The van der Waals surface area contributed by atoms with E-state index in [0.717, 1.165) is 10.0 Å². The summed E-state index contributed by atoms with van der Waals surface area (Å²) >= 11 is 3.37. The highest BCUT2D eigenvalue weighted by molar-refractivity contribution is 9.10. The van der Waals surface area contributed by atoms with Crippen LogP contribution in [0.4, 0.5) is 11.5 Å². The van der Waals surface area contributed by atoms with Gasteiger partial charge in [-0.15, -0.1) is 0 Å². The summed E-state index contributed by atoms with van der Waals surface area (Å²) in [5.41, 5.74) is 1.35. The summed E-state index contributed by atoms with van der Waals surface area (Å²) in [6.07, 6.45) is 0. The van der Waals surface area contributed by atoms with Crippen LogP contribution in [0.5, 0.6) is 5.75 Å². The fourth-order valence-electron chi connectivity index (χ4n) is 2.44. The number of nitrogens with zero attached hydrogens (tertiary/aromatic N) is 1. The highest BCUT2D eigenvalue weighted by atomic mass is 79.9. The lowest BCUT2D eigenvalue weighted by Gasteiger charge is -2.10. The molecule has 2 N–H and O–H groups in total. The van der Waals surface area contributed by atoms with Crippen molar-refractivity contribution in [1.82, 2.24) is 5.16 Å². The number of aryl methyl sites for hydroxylation is 2. The Balaban J connectivity index is 1.58. The Kier molecular flexibility index (Phi) is 6.23. The summed E-state index contributed by atoms with van der Waals surface area (Å²) in [7, 11) is -3.81. The van der Waals surface area contributed by atoms with Crippen LogP contribution in [-0.2, 0) is 14.8 Å². The van der Waals surface area contributed by atoms with Crippen molar-refractivity contribution in [2.45, 2.75) is 18.7 Å². The Morgan fingerprint density at radius 3 is 2.48 bits per heavy atom. The van der Waals surface area contributed by atoms with Gasteiger partial charge < -0.3 is 14.6 Å². The largest absolute Gasteiger partial charge is 0.483 e. The molecule has 0 aliphatic carbocycles. The van der Waals surface area contributed by atoms with Gasteiger partial charge in [-0.3, -0.25) is 9.52 Å². The van der Waals surface area contributed by atoms with E-state index in [1.54, 1.807) is 13.0 Å². The summed E-state index contributed by atoms with van der Waals surface area (Å²) in [6, 6.07) is 12.7. The van der Waals surface area contributed by atoms with Crippen LogP contribution in [0.3, 0.4) is 0 Å². The fourth-order valence-corrected chi connectivity index (χ4v) is 3.90. The van der Waals surface area contributed by atoms with Crippen molar-refractivity contribution in [3.8, 4) is 5.75 Å². The summed E-state index contributed by atoms with van der Waals surface area (Å²) in [5, 5.41) is 6.26. The molecule has 8 nitrogen and oxygen atoms in total. The van der Waals surface area contributed by atoms with Gasteiger partial charge in [0.2, 0.25) is 0 Å². The molecule has 0 radical (unpaired) electrons. The van der Waals surface area contributed by atoms with Gasteiger partial charge in [0.15, 0.2) is 12.4 Å². The van der Waals surface area contributed by atoms with Crippen molar-refractivity contribution in [2.24, 2.45) is 0 Å². The number of halogens is 1. The van der Waals surface area contributed by atoms with E-state index in [4.69, 9.17) is 9.26 Å². The van der Waals surface area contributed by atoms with Crippen molar-refractivity contribution in [3.63, 3.8) is 0 Å². The smallest absolute Gasteiger partial charge is 0.263 e. The maximum atomic E-state index is 12.4. The van der Waals surface area contributed by atoms with Gasteiger partial charge in [0, 0.05) is 16.2 Å². The minimum Gasteiger partial charge on any atom is -0.483 e. The van der Waals surface area contributed by atoms with Crippen LogP contribution in [0, 0.1) is 13.8 Å². The van der Waals surface area contributed by atoms with E-state index in [-0.39, 0.29) is 23.2 Å². The van der Waals surface area contributed by atoms with Gasteiger partial charge in [-0.2, -0.15) is 0 Å². The van der Waals surface area contributed by atoms with Gasteiger partial charge in [0.05, 0.1) is 4.90 Å². The number of ether oxygens (including phenoxy) is 1. The molecule has 0 aliphatic heterocycles. The number of carbonyl (C=O) groups excluding carboxylic acids is 1. The molecule has 3 rings (SSSR count). The third kappa shape index (κ3) is 5.58. The second-order valence-electron chi connectivity index (χ2n) is 6.20. The number of rotatable bonds is 7. The topological polar surface area (TPSA) is 111 Å². The zero-order valence-corrected chi connectivity index (χ0v) is 18.0. The Morgan fingerprint density at radius 1 is 1.14 bits per heavy atom. The van der Waals surface area contributed by atoms with E-state index < -0.39 is 10.0 Å². The SMILES string of the molecule is Cc1cc(NS(=O)(=O)c2ccc(NC(=O)COc3ccc(Br)cc3C)cc2)no1. The fraction of sp³-hybridized carbons (Fsp3) is 0.158. The molecular formula is C19H18BrN3O5S. The number of sulfonamides is 1. The van der Waals surface area contributed by atoms with Gasteiger partial charge >= 0.3 is 0 Å². The molecule has 29 heavy (non-hydrogen) atoms. The standard InChI is InChI=1S/C19H18BrN3O5S/c1-12-9-14(20)3-8-17(12)27-11-19(24)21-15-4-6-16(7-5-15)29(25,26)23-18-10-13(2)28-22-18/h3-10H,11H2,1-2H3,(H,21,24)(H,22,23). The van der Waals surface area contributed by atoms with Crippen LogP contribution in [0.2, 0.25) is 0 Å². The van der Waals surface area contributed by atoms with Crippen LogP contribution in [0.25, 0.3) is 0 Å². The molecule has 0 spiro atoms. The molecule has 1 aromatic heterocycles. The molecule has 2 aromatic carbocycles. The van der Waals surface area contributed by atoms with Crippen LogP contribution < -0.4 is 14.8 Å². The Hall–Kier alpha value is -2.85. The maximum Gasteiger partial charge on any atom is 0.263 e. The highest BCUT2D eigenvalue weighted by Crippen LogP contribution is 2.22. The molecule has 1 amide bonds. The predicted molar refractivity (Wildman–Crippen MR) is 111 cm³/mol. The van der Waals surface area contributed by atoms with Crippen molar-refractivity contribution < 1.29 is 22.5 Å². The van der Waals surface area contributed by atoms with Crippen LogP contribution in [0.15, 0.2) is 62.4 Å². The molecule has 0 saturated heterocycles. The normalized spacial score (nSPS) is 11.1. The molecular weight excluding hydrogens is 462 g/mol. The second kappa shape index (κ2) is 8.66. The van der Waals surface area contributed by atoms with Crippen molar-refractivity contribution >= 4 is 43.4 Å². The first kappa shape index (κ1) is 20.9. The number of aromatic nitrogens is 1. The summed E-state index contributed by atoms with van der Waals surface area (Å²) < 4.78 is 38.3. The van der Waals surface area contributed by atoms with E-state index in [0.29, 0.717) is 17.2 Å². The van der Waals surface area contributed by atoms with E-state index >= 15 is 0 Å². The van der Waals surface area contributed by atoms with Crippen molar-refractivity contribution in [3.05, 3.63) is 64.3 Å². The number of anilines is 2. The molecule has 1 heterocycles. The number of benzene rings is 2. The Morgan fingerprint density at radius 2 is 1.86 bits per heavy atom. The summed E-state index contributed by atoms with van der Waals surface area (Å²) in [4.78, 5) is 12.1. The number of nitrogens with one attached hydrogen (secondary N) is 2.